The summed E-state index contributed by atoms with van der Waals surface area (Å²) in [6.45, 7) is 2.64. The van der Waals surface area contributed by atoms with E-state index in [0.29, 0.717) is 81.6 Å². The molecule has 6 rings (SSSR count). The van der Waals surface area contributed by atoms with Crippen LogP contribution in [0.4, 0.5) is 5.69 Å². The number of carbonyl (C=O) groups excluding carboxylic acids is 2. The molecule has 0 bridgehead atoms. The summed E-state index contributed by atoms with van der Waals surface area (Å²) in [4.78, 5) is 40.9. The molecule has 13 heteroatoms. The lowest BCUT2D eigenvalue weighted by Crippen LogP contribution is -2.45. The first kappa shape index (κ1) is 31.0. The first-order chi connectivity index (χ1) is 21.7. The van der Waals surface area contributed by atoms with Gasteiger partial charge in [-0.25, -0.2) is 9.97 Å². The van der Waals surface area contributed by atoms with Crippen LogP contribution in [0.1, 0.15) is 40.5 Å². The van der Waals surface area contributed by atoms with Crippen molar-refractivity contribution in [2.24, 2.45) is 7.05 Å². The molecule has 1 fully saturated rings. The number of amides is 2. The molecule has 2 amide bonds. The first-order valence-corrected chi connectivity index (χ1v) is 15.5. The molecular formula is C32H34Cl2N8O3. The summed E-state index contributed by atoms with van der Waals surface area (Å²) in [5.74, 6) is 0.459. The lowest BCUT2D eigenvalue weighted by molar-refractivity contribution is -0.122. The summed E-state index contributed by atoms with van der Waals surface area (Å²) in [5.41, 5.74) is 5.62. The molecule has 11 nitrogen and oxygen atoms in total. The zero-order valence-corrected chi connectivity index (χ0v) is 26.8. The van der Waals surface area contributed by atoms with Crippen LogP contribution in [0.15, 0.2) is 42.6 Å². The van der Waals surface area contributed by atoms with Gasteiger partial charge in [0.05, 0.1) is 40.4 Å². The largest absolute Gasteiger partial charge is 0.480 e. The minimum atomic E-state index is -0.335. The molecule has 234 valence electrons. The van der Waals surface area contributed by atoms with Gasteiger partial charge in [-0.3, -0.25) is 14.6 Å². The van der Waals surface area contributed by atoms with Crippen LogP contribution in [0, 0.1) is 0 Å². The number of benzene rings is 2. The van der Waals surface area contributed by atoms with Gasteiger partial charge in [0.25, 0.3) is 5.91 Å². The maximum Gasteiger partial charge on any atom is 0.291 e. The number of hydrogen-bond acceptors (Lipinski definition) is 8. The number of imidazole rings is 1. The van der Waals surface area contributed by atoms with Crippen LogP contribution in [-0.4, -0.2) is 69.5 Å². The molecule has 0 unspecified atom stereocenters. The zero-order chi connectivity index (χ0) is 31.7. The molecule has 2 aromatic heterocycles. The van der Waals surface area contributed by atoms with E-state index in [0.717, 1.165) is 30.8 Å². The second-order valence-electron chi connectivity index (χ2n) is 11.3. The molecule has 4 aromatic rings. The number of likely N-dealkylation sites (N-methyl/N-ethyl adjacent to an activating group) is 1. The Hall–Kier alpha value is -4.03. The van der Waals surface area contributed by atoms with Crippen LogP contribution in [-0.2, 0) is 31.4 Å². The normalized spacial score (nSPS) is 16.6. The lowest BCUT2D eigenvalue weighted by atomic mass is 10.0. The van der Waals surface area contributed by atoms with Gasteiger partial charge in [-0.15, -0.1) is 0 Å². The third-order valence-electron chi connectivity index (χ3n) is 8.29. The van der Waals surface area contributed by atoms with Gasteiger partial charge in [0.15, 0.2) is 5.82 Å². The van der Waals surface area contributed by atoms with E-state index in [1.165, 1.54) is 0 Å². The van der Waals surface area contributed by atoms with Crippen molar-refractivity contribution in [2.75, 3.05) is 32.6 Å². The molecule has 2 aliphatic heterocycles. The Kier molecular flexibility index (Phi) is 9.04. The topological polar surface area (TPSA) is 126 Å². The van der Waals surface area contributed by atoms with Crippen LogP contribution in [0.5, 0.6) is 5.88 Å². The number of methoxy groups -OCH3 is 1. The van der Waals surface area contributed by atoms with Gasteiger partial charge in [0.1, 0.15) is 5.69 Å². The van der Waals surface area contributed by atoms with Crippen LogP contribution in [0.2, 0.25) is 10.0 Å². The summed E-state index contributed by atoms with van der Waals surface area (Å²) in [6.07, 6.45) is 3.76. The van der Waals surface area contributed by atoms with E-state index in [1.54, 1.807) is 19.4 Å². The number of nitrogens with zero attached hydrogens (tertiary/aromatic N) is 5. The van der Waals surface area contributed by atoms with Gasteiger partial charge in [-0.05, 0) is 19.5 Å². The van der Waals surface area contributed by atoms with E-state index in [1.807, 2.05) is 49.0 Å². The molecule has 0 saturated carbocycles. The minimum absolute atomic E-state index is 0.0717. The Morgan fingerprint density at radius 2 is 1.82 bits per heavy atom. The number of carbonyl (C=O) groups is 2. The fourth-order valence-electron chi connectivity index (χ4n) is 5.77. The fourth-order valence-corrected chi connectivity index (χ4v) is 6.37. The number of hydrogen-bond donors (Lipinski definition) is 3. The molecule has 1 saturated heterocycles. The molecule has 3 N–H and O–H groups in total. The first-order valence-electron chi connectivity index (χ1n) is 14.8. The Morgan fingerprint density at radius 1 is 1.07 bits per heavy atom. The molecule has 1 atom stereocenters. The number of piperidine rings is 1. The quantitative estimate of drug-likeness (QED) is 0.256. The van der Waals surface area contributed by atoms with E-state index < -0.39 is 0 Å². The van der Waals surface area contributed by atoms with Crippen LogP contribution < -0.4 is 20.7 Å². The van der Waals surface area contributed by atoms with Crippen molar-refractivity contribution < 1.29 is 14.3 Å². The lowest BCUT2D eigenvalue weighted by Gasteiger charge is -2.23. The number of halogens is 2. The van der Waals surface area contributed by atoms with Crippen molar-refractivity contribution in [3.8, 4) is 28.3 Å². The highest BCUT2D eigenvalue weighted by molar-refractivity contribution is 6.39. The van der Waals surface area contributed by atoms with Crippen molar-refractivity contribution in [3.63, 3.8) is 0 Å². The average Bonchev–Trinajstić information content (AvgIpc) is 3.37. The molecule has 0 aliphatic carbocycles. The minimum Gasteiger partial charge on any atom is -0.480 e. The monoisotopic (exact) mass is 648 g/mol. The van der Waals surface area contributed by atoms with Crippen molar-refractivity contribution in [1.29, 1.82) is 0 Å². The second-order valence-corrected chi connectivity index (χ2v) is 12.1. The van der Waals surface area contributed by atoms with Crippen molar-refractivity contribution in [2.45, 2.75) is 38.4 Å². The maximum absolute atomic E-state index is 13.3. The summed E-state index contributed by atoms with van der Waals surface area (Å²) in [5, 5.41) is 10.0. The van der Waals surface area contributed by atoms with Crippen molar-refractivity contribution >= 4 is 40.7 Å². The number of anilines is 1. The highest BCUT2D eigenvalue weighted by Crippen LogP contribution is 2.41. The number of ether oxygens (including phenoxy) is 1. The van der Waals surface area contributed by atoms with E-state index in [-0.39, 0.29) is 17.9 Å². The van der Waals surface area contributed by atoms with Gasteiger partial charge < -0.3 is 30.2 Å². The summed E-state index contributed by atoms with van der Waals surface area (Å²) in [6, 6.07) is 11.2. The van der Waals surface area contributed by atoms with E-state index in [2.05, 4.69) is 30.8 Å². The van der Waals surface area contributed by atoms with Crippen LogP contribution in [0.25, 0.3) is 22.4 Å². The summed E-state index contributed by atoms with van der Waals surface area (Å²) < 4.78 is 7.43. The van der Waals surface area contributed by atoms with Gasteiger partial charge in [-0.1, -0.05) is 53.5 Å². The van der Waals surface area contributed by atoms with E-state index in [9.17, 15) is 9.59 Å². The smallest absolute Gasteiger partial charge is 0.291 e. The predicted molar refractivity (Wildman–Crippen MR) is 174 cm³/mol. The number of rotatable bonds is 8. The van der Waals surface area contributed by atoms with Crippen molar-refractivity contribution in [3.05, 3.63) is 75.5 Å². The van der Waals surface area contributed by atoms with Gasteiger partial charge in [0.2, 0.25) is 11.8 Å². The Labute approximate surface area is 271 Å². The Morgan fingerprint density at radius 3 is 2.58 bits per heavy atom. The number of aromatic nitrogens is 4. The molecule has 45 heavy (non-hydrogen) atoms. The van der Waals surface area contributed by atoms with Crippen molar-refractivity contribution in [1.82, 2.24) is 35.1 Å². The molecule has 0 spiro atoms. The zero-order valence-electron chi connectivity index (χ0n) is 25.3. The predicted octanol–water partition coefficient (Wildman–Crippen LogP) is 4.47. The second kappa shape index (κ2) is 13.1. The summed E-state index contributed by atoms with van der Waals surface area (Å²) in [7, 11) is 5.46. The van der Waals surface area contributed by atoms with Crippen LogP contribution in [0.3, 0.4) is 0 Å². The number of fused-ring (bicyclic) bond motifs is 1. The fraction of sp³-hybridized carbons (Fsp3) is 0.344. The number of nitrogens with one attached hydrogen (secondary N) is 3. The highest BCUT2D eigenvalue weighted by Gasteiger charge is 2.25. The third kappa shape index (κ3) is 6.39. The van der Waals surface area contributed by atoms with Crippen LogP contribution >= 0.6 is 23.2 Å². The highest BCUT2D eigenvalue weighted by atomic mass is 35.5. The molecule has 2 aliphatic rings. The Bertz CT molecular complexity index is 1770. The molecule has 2 aromatic carbocycles. The molecule has 0 radical (unpaired) electrons. The Balaban J connectivity index is 1.23. The van der Waals surface area contributed by atoms with E-state index in [4.69, 9.17) is 32.9 Å². The molecule has 4 heterocycles. The summed E-state index contributed by atoms with van der Waals surface area (Å²) >= 11 is 13.9. The molecular weight excluding hydrogens is 615 g/mol. The third-order valence-corrected chi connectivity index (χ3v) is 9.10. The van der Waals surface area contributed by atoms with Gasteiger partial charge in [-0.2, -0.15) is 0 Å². The standard InChI is InChI=1S/C32H34Cl2N8O3/c1-41-13-12-26-25(17-41)38-30(42(26)2)31(44)39-22-9-5-7-20(29(22)34)19-6-4-8-21(28(19)33)23-15-36-24(32(40-23)45-3)16-35-18-10-11-27(43)37-14-18/h4-9,15,18,35H,10-14,16-17H2,1-3H3,(H,37,43)(H,39,44)/t18-/m0/s1. The maximum atomic E-state index is 13.3. The van der Waals surface area contributed by atoms with Gasteiger partial charge >= 0.3 is 0 Å². The van der Waals surface area contributed by atoms with Gasteiger partial charge in [0, 0.05) is 74.5 Å². The average molecular weight is 650 g/mol. The SMILES string of the molecule is COc1nc(-c2cccc(-c3cccc(NC(=O)c4nc5c(n4C)CCN(C)C5)c3Cl)c2Cl)cnc1CN[C@H]1CCC(=O)NC1. The van der Waals surface area contributed by atoms with E-state index >= 15 is 0 Å².